The van der Waals surface area contributed by atoms with Gasteiger partial charge in [0.15, 0.2) is 0 Å². The van der Waals surface area contributed by atoms with Gasteiger partial charge in [-0.15, -0.1) is 11.8 Å². The van der Waals surface area contributed by atoms with Gasteiger partial charge in [-0.05, 0) is 48.8 Å². The van der Waals surface area contributed by atoms with E-state index in [2.05, 4.69) is 11.9 Å². The third-order valence-electron chi connectivity index (χ3n) is 7.21. The zero-order valence-electron chi connectivity index (χ0n) is 21.1. The average Bonchev–Trinajstić information content (AvgIpc) is 3.39. The van der Waals surface area contributed by atoms with Crippen LogP contribution in [-0.2, 0) is 16.1 Å². The molecule has 2 atom stereocenters. The molecule has 3 aliphatic rings. The maximum absolute atomic E-state index is 13.7. The Kier molecular flexibility index (Phi) is 8.56. The van der Waals surface area contributed by atoms with Crippen molar-refractivity contribution in [3.05, 3.63) is 47.1 Å². The number of hydrogen-bond donors (Lipinski definition) is 1. The molecule has 4 rings (SSSR count). The Morgan fingerprint density at radius 1 is 1.19 bits per heavy atom. The molecule has 0 bridgehead atoms. The van der Waals surface area contributed by atoms with Crippen molar-refractivity contribution in [1.29, 1.82) is 0 Å². The van der Waals surface area contributed by atoms with Gasteiger partial charge in [0.05, 0.1) is 13.1 Å². The van der Waals surface area contributed by atoms with Gasteiger partial charge in [-0.25, -0.2) is 19.2 Å². The van der Waals surface area contributed by atoms with E-state index in [9.17, 15) is 18.8 Å². The standard InChI is InChI=1S/C26H36FN5O3S/c1-4-29-17-24(33)31-22(13-14-36-18(2)3)25(34)30(21-7-5-6-8-21)16-23(31)32(29)26(35)28-15-19-9-11-20(27)12-10-19/h9-12,21-23H,2,4-8,13-17H2,1,3H3,(H,28,35)/t22-,23-/m0/s1. The number of hydrogen-bond acceptors (Lipinski definition) is 5. The summed E-state index contributed by atoms with van der Waals surface area (Å²) in [5.74, 6) is 0.205. The van der Waals surface area contributed by atoms with E-state index in [1.807, 2.05) is 18.7 Å². The minimum absolute atomic E-state index is 0.00886. The van der Waals surface area contributed by atoms with E-state index in [0.717, 1.165) is 36.2 Å². The number of amides is 4. The Labute approximate surface area is 216 Å². The van der Waals surface area contributed by atoms with Crippen molar-refractivity contribution in [3.63, 3.8) is 0 Å². The summed E-state index contributed by atoms with van der Waals surface area (Å²) in [5.41, 5.74) is 0.777. The normalized spacial score (nSPS) is 23.2. The summed E-state index contributed by atoms with van der Waals surface area (Å²) in [5, 5.41) is 6.31. The number of thioether (sulfide) groups is 1. The van der Waals surface area contributed by atoms with Crippen molar-refractivity contribution in [2.45, 2.75) is 70.7 Å². The molecule has 0 radical (unpaired) electrons. The SMILES string of the molecule is C=C(C)SCC[C@H]1C(=O)N(C2CCCC2)C[C@H]2N1C(=O)CN(CC)N2C(=O)NCc1ccc(F)cc1. The zero-order chi connectivity index (χ0) is 25.8. The first kappa shape index (κ1) is 26.5. The number of hydrazine groups is 1. The molecular weight excluding hydrogens is 481 g/mol. The molecule has 8 nitrogen and oxygen atoms in total. The molecule has 36 heavy (non-hydrogen) atoms. The number of piperazine rings is 1. The quantitative estimate of drug-likeness (QED) is 0.571. The van der Waals surface area contributed by atoms with E-state index in [1.165, 1.54) is 12.1 Å². The molecule has 1 aromatic carbocycles. The highest BCUT2D eigenvalue weighted by atomic mass is 32.2. The molecule has 0 aromatic heterocycles. The maximum atomic E-state index is 13.7. The summed E-state index contributed by atoms with van der Waals surface area (Å²) in [6.07, 6.45) is 4.01. The van der Waals surface area contributed by atoms with Gasteiger partial charge in [0.1, 0.15) is 18.0 Å². The summed E-state index contributed by atoms with van der Waals surface area (Å²) in [4.78, 5) is 45.1. The molecule has 10 heteroatoms. The van der Waals surface area contributed by atoms with Crippen LogP contribution in [0.15, 0.2) is 35.7 Å². The first-order chi connectivity index (χ1) is 17.3. The van der Waals surface area contributed by atoms with Crippen LogP contribution in [0, 0.1) is 5.82 Å². The molecule has 4 amide bonds. The Bertz CT molecular complexity index is 984. The summed E-state index contributed by atoms with van der Waals surface area (Å²) in [7, 11) is 0. The molecule has 0 unspecified atom stereocenters. The van der Waals surface area contributed by atoms with Crippen LogP contribution in [0.5, 0.6) is 0 Å². The second-order valence-corrected chi connectivity index (χ2v) is 11.1. The number of fused-ring (bicyclic) bond motifs is 1. The second kappa shape index (κ2) is 11.6. The minimum Gasteiger partial charge on any atom is -0.334 e. The predicted molar refractivity (Wildman–Crippen MR) is 138 cm³/mol. The molecule has 0 spiro atoms. The molecular formula is C26H36FN5O3S. The minimum atomic E-state index is -0.602. The summed E-state index contributed by atoms with van der Waals surface area (Å²) < 4.78 is 13.3. The number of carbonyl (C=O) groups excluding carboxylic acids is 3. The highest BCUT2D eigenvalue weighted by molar-refractivity contribution is 8.03. The number of nitrogens with one attached hydrogen (secondary N) is 1. The van der Waals surface area contributed by atoms with Crippen LogP contribution in [-0.4, -0.2) is 81.3 Å². The fraction of sp³-hybridized carbons (Fsp3) is 0.577. The number of nitrogens with zero attached hydrogens (tertiary/aromatic N) is 4. The van der Waals surface area contributed by atoms with Gasteiger partial charge in [-0.2, -0.15) is 0 Å². The van der Waals surface area contributed by atoms with E-state index < -0.39 is 12.2 Å². The van der Waals surface area contributed by atoms with Crippen molar-refractivity contribution in [2.24, 2.45) is 0 Å². The van der Waals surface area contributed by atoms with Crippen molar-refractivity contribution in [2.75, 3.05) is 25.4 Å². The average molecular weight is 518 g/mol. The molecule has 1 aliphatic carbocycles. The van der Waals surface area contributed by atoms with Gasteiger partial charge in [0, 0.05) is 24.9 Å². The van der Waals surface area contributed by atoms with Crippen LogP contribution >= 0.6 is 11.8 Å². The molecule has 2 saturated heterocycles. The number of urea groups is 1. The second-order valence-electron chi connectivity index (χ2n) is 9.68. The Hall–Kier alpha value is -2.59. The lowest BCUT2D eigenvalue weighted by Gasteiger charge is -2.56. The number of carbonyl (C=O) groups is 3. The molecule has 1 aromatic rings. The molecule has 3 fully saturated rings. The van der Waals surface area contributed by atoms with E-state index in [1.54, 1.807) is 38.8 Å². The van der Waals surface area contributed by atoms with Crippen molar-refractivity contribution in [1.82, 2.24) is 25.1 Å². The Morgan fingerprint density at radius 2 is 1.89 bits per heavy atom. The van der Waals surface area contributed by atoms with Crippen molar-refractivity contribution >= 4 is 29.6 Å². The van der Waals surface area contributed by atoms with Gasteiger partial charge in [0.25, 0.3) is 0 Å². The van der Waals surface area contributed by atoms with E-state index in [-0.39, 0.29) is 42.8 Å². The Balaban J connectivity index is 1.59. The van der Waals surface area contributed by atoms with Crippen LogP contribution in [0.3, 0.4) is 0 Å². The lowest BCUT2D eigenvalue weighted by molar-refractivity contribution is -0.192. The van der Waals surface area contributed by atoms with E-state index in [4.69, 9.17) is 0 Å². The largest absolute Gasteiger partial charge is 0.334 e. The molecule has 1 saturated carbocycles. The fourth-order valence-corrected chi connectivity index (χ4v) is 6.14. The zero-order valence-corrected chi connectivity index (χ0v) is 21.9. The highest BCUT2D eigenvalue weighted by Gasteiger charge is 2.52. The van der Waals surface area contributed by atoms with Gasteiger partial charge in [0.2, 0.25) is 11.8 Å². The number of halogens is 1. The van der Waals surface area contributed by atoms with Crippen LogP contribution in [0.4, 0.5) is 9.18 Å². The van der Waals surface area contributed by atoms with Gasteiger partial charge < -0.3 is 15.1 Å². The van der Waals surface area contributed by atoms with E-state index in [0.29, 0.717) is 25.3 Å². The number of allylic oxidation sites excluding steroid dienone is 1. The molecule has 196 valence electrons. The van der Waals surface area contributed by atoms with Crippen LogP contribution < -0.4 is 5.32 Å². The third-order valence-corrected chi connectivity index (χ3v) is 8.15. The fourth-order valence-electron chi connectivity index (χ4n) is 5.45. The van der Waals surface area contributed by atoms with Crippen molar-refractivity contribution < 1.29 is 18.8 Å². The van der Waals surface area contributed by atoms with Gasteiger partial charge in [-0.3, -0.25) is 9.59 Å². The summed E-state index contributed by atoms with van der Waals surface area (Å²) in [6.45, 7) is 8.83. The van der Waals surface area contributed by atoms with Crippen LogP contribution in [0.2, 0.25) is 0 Å². The highest BCUT2D eigenvalue weighted by Crippen LogP contribution is 2.33. The lowest BCUT2D eigenvalue weighted by atomic mass is 10.0. The number of likely N-dealkylation sites (N-methyl/N-ethyl adjacent to an activating group) is 1. The molecule has 1 N–H and O–H groups in total. The summed E-state index contributed by atoms with van der Waals surface area (Å²) >= 11 is 1.59. The van der Waals surface area contributed by atoms with E-state index >= 15 is 0 Å². The first-order valence-corrected chi connectivity index (χ1v) is 13.7. The number of rotatable bonds is 8. The smallest absolute Gasteiger partial charge is 0.334 e. The maximum Gasteiger partial charge on any atom is 0.334 e. The van der Waals surface area contributed by atoms with Gasteiger partial charge >= 0.3 is 6.03 Å². The third kappa shape index (κ3) is 5.70. The molecule has 2 aliphatic heterocycles. The number of benzene rings is 1. The summed E-state index contributed by atoms with van der Waals surface area (Å²) in [6, 6.07) is 5.20. The Morgan fingerprint density at radius 3 is 2.53 bits per heavy atom. The predicted octanol–water partition coefficient (Wildman–Crippen LogP) is 3.55. The van der Waals surface area contributed by atoms with Crippen molar-refractivity contribution in [3.8, 4) is 0 Å². The van der Waals surface area contributed by atoms with Gasteiger partial charge in [-0.1, -0.05) is 38.5 Å². The van der Waals surface area contributed by atoms with Crippen LogP contribution in [0.25, 0.3) is 0 Å². The monoisotopic (exact) mass is 517 g/mol. The lowest BCUT2D eigenvalue weighted by Crippen LogP contribution is -2.77. The van der Waals surface area contributed by atoms with Crippen LogP contribution in [0.1, 0.15) is 51.5 Å². The molecule has 2 heterocycles. The topological polar surface area (TPSA) is 76.2 Å². The first-order valence-electron chi connectivity index (χ1n) is 12.8.